The van der Waals surface area contributed by atoms with Gasteiger partial charge in [0.2, 0.25) is 10.0 Å². The first-order chi connectivity index (χ1) is 16.5. The largest absolute Gasteiger partial charge is 0.496 e. The first-order valence-electron chi connectivity index (χ1n) is 11.6. The quantitative estimate of drug-likeness (QED) is 0.421. The molecule has 0 fully saturated rings. The molecule has 0 spiro atoms. The average molecular weight is 495 g/mol. The monoisotopic (exact) mass is 494 g/mol. The maximum absolute atomic E-state index is 13.0. The lowest BCUT2D eigenvalue weighted by atomic mass is 9.93. The minimum absolute atomic E-state index is 0.212. The highest BCUT2D eigenvalue weighted by atomic mass is 32.2. The Kier molecular flexibility index (Phi) is 8.22. The standard InChI is InChI=1S/C28H34N2O4S/c1-19(2)25-17-26(20(3)16-27(25)34-5)21(4)29-28(31)23-12-14-24(15-13-23)30(35(6,32)33)18-22-10-8-7-9-11-22/h7-17,19,21H,18H2,1-6H3,(H,29,31)/t21-/m1/s1. The Morgan fingerprint density at radius 1 is 0.971 bits per heavy atom. The van der Waals surface area contributed by atoms with Gasteiger partial charge in [-0.25, -0.2) is 8.42 Å². The van der Waals surface area contributed by atoms with E-state index in [9.17, 15) is 13.2 Å². The van der Waals surface area contributed by atoms with E-state index in [4.69, 9.17) is 4.74 Å². The van der Waals surface area contributed by atoms with Gasteiger partial charge in [-0.3, -0.25) is 9.10 Å². The van der Waals surface area contributed by atoms with Gasteiger partial charge in [-0.1, -0.05) is 44.2 Å². The van der Waals surface area contributed by atoms with Crippen molar-refractivity contribution in [2.24, 2.45) is 0 Å². The number of nitrogens with one attached hydrogen (secondary N) is 1. The van der Waals surface area contributed by atoms with Crippen LogP contribution in [0.25, 0.3) is 0 Å². The molecule has 3 aromatic rings. The van der Waals surface area contributed by atoms with Gasteiger partial charge in [-0.2, -0.15) is 0 Å². The van der Waals surface area contributed by atoms with Crippen molar-refractivity contribution >= 4 is 21.6 Å². The summed E-state index contributed by atoms with van der Waals surface area (Å²) >= 11 is 0. The van der Waals surface area contributed by atoms with Crippen LogP contribution in [0.15, 0.2) is 66.7 Å². The summed E-state index contributed by atoms with van der Waals surface area (Å²) in [6.07, 6.45) is 1.18. The van der Waals surface area contributed by atoms with Gasteiger partial charge >= 0.3 is 0 Å². The predicted octanol–water partition coefficient (Wildman–Crippen LogP) is 5.58. The molecule has 1 N–H and O–H groups in total. The third-order valence-electron chi connectivity index (χ3n) is 6.04. The van der Waals surface area contributed by atoms with Gasteiger partial charge in [-0.05, 0) is 78.4 Å². The number of hydrogen-bond donors (Lipinski definition) is 1. The molecule has 0 aliphatic carbocycles. The van der Waals surface area contributed by atoms with Crippen LogP contribution in [0.3, 0.4) is 0 Å². The number of amides is 1. The smallest absolute Gasteiger partial charge is 0.251 e. The van der Waals surface area contributed by atoms with Crippen LogP contribution in [0.1, 0.15) is 65.3 Å². The number of anilines is 1. The van der Waals surface area contributed by atoms with E-state index in [2.05, 4.69) is 25.2 Å². The van der Waals surface area contributed by atoms with Gasteiger partial charge in [0.15, 0.2) is 0 Å². The SMILES string of the molecule is COc1cc(C)c([C@@H](C)NC(=O)c2ccc(N(Cc3ccccc3)S(C)(=O)=O)cc2)cc1C(C)C. The van der Waals surface area contributed by atoms with Crippen LogP contribution in [0.4, 0.5) is 5.69 Å². The lowest BCUT2D eigenvalue weighted by Crippen LogP contribution is -2.30. The summed E-state index contributed by atoms with van der Waals surface area (Å²) in [6, 6.07) is 19.9. The number of benzene rings is 3. The number of ether oxygens (including phenoxy) is 1. The molecule has 1 amide bonds. The van der Waals surface area contributed by atoms with Crippen LogP contribution in [-0.4, -0.2) is 27.7 Å². The minimum Gasteiger partial charge on any atom is -0.496 e. The molecule has 0 saturated heterocycles. The molecule has 0 unspecified atom stereocenters. The van der Waals surface area contributed by atoms with Gasteiger partial charge in [-0.15, -0.1) is 0 Å². The second-order valence-electron chi connectivity index (χ2n) is 9.10. The second kappa shape index (κ2) is 11.0. The Bertz CT molecular complexity index is 1270. The second-order valence-corrected chi connectivity index (χ2v) is 11.0. The van der Waals surface area contributed by atoms with E-state index in [-0.39, 0.29) is 24.4 Å². The topological polar surface area (TPSA) is 75.7 Å². The van der Waals surface area contributed by atoms with Crippen molar-refractivity contribution in [3.63, 3.8) is 0 Å². The molecular formula is C28H34N2O4S. The number of rotatable bonds is 9. The van der Waals surface area contributed by atoms with Crippen molar-refractivity contribution in [2.45, 2.75) is 46.2 Å². The Morgan fingerprint density at radius 2 is 1.60 bits per heavy atom. The molecule has 186 valence electrons. The summed E-state index contributed by atoms with van der Waals surface area (Å²) in [5.74, 6) is 0.911. The molecule has 7 heteroatoms. The van der Waals surface area contributed by atoms with Crippen molar-refractivity contribution in [2.75, 3.05) is 17.7 Å². The number of methoxy groups -OCH3 is 1. The van der Waals surface area contributed by atoms with Gasteiger partial charge in [0.25, 0.3) is 5.91 Å². The molecule has 6 nitrogen and oxygen atoms in total. The molecule has 0 radical (unpaired) electrons. The zero-order chi connectivity index (χ0) is 25.8. The molecule has 3 aromatic carbocycles. The zero-order valence-electron chi connectivity index (χ0n) is 21.2. The number of sulfonamides is 1. The molecule has 0 bridgehead atoms. The minimum atomic E-state index is -3.50. The Morgan fingerprint density at radius 3 is 2.14 bits per heavy atom. The van der Waals surface area contributed by atoms with E-state index in [1.165, 1.54) is 10.6 Å². The van der Waals surface area contributed by atoms with E-state index >= 15 is 0 Å². The van der Waals surface area contributed by atoms with E-state index in [0.29, 0.717) is 11.3 Å². The number of carbonyl (C=O) groups excluding carboxylic acids is 1. The van der Waals surface area contributed by atoms with Gasteiger partial charge < -0.3 is 10.1 Å². The number of aryl methyl sites for hydroxylation is 1. The van der Waals surface area contributed by atoms with Crippen LogP contribution in [0.2, 0.25) is 0 Å². The van der Waals surface area contributed by atoms with E-state index in [1.54, 1.807) is 31.4 Å². The van der Waals surface area contributed by atoms with Crippen molar-refractivity contribution in [1.82, 2.24) is 5.32 Å². The summed E-state index contributed by atoms with van der Waals surface area (Å²) in [4.78, 5) is 13.0. The molecule has 0 aliphatic rings. The van der Waals surface area contributed by atoms with E-state index in [0.717, 1.165) is 28.0 Å². The van der Waals surface area contributed by atoms with Crippen LogP contribution in [0, 0.1) is 6.92 Å². The summed E-state index contributed by atoms with van der Waals surface area (Å²) in [6.45, 7) is 8.40. The van der Waals surface area contributed by atoms with Crippen LogP contribution >= 0.6 is 0 Å². The third-order valence-corrected chi connectivity index (χ3v) is 7.18. The normalized spacial score (nSPS) is 12.3. The molecule has 35 heavy (non-hydrogen) atoms. The van der Waals surface area contributed by atoms with Crippen molar-refractivity contribution in [3.8, 4) is 5.75 Å². The van der Waals surface area contributed by atoms with E-state index in [1.807, 2.05) is 50.2 Å². The lowest BCUT2D eigenvalue weighted by molar-refractivity contribution is 0.0940. The summed E-state index contributed by atoms with van der Waals surface area (Å²) in [5, 5.41) is 3.06. The maximum atomic E-state index is 13.0. The van der Waals surface area contributed by atoms with Crippen LogP contribution in [0.5, 0.6) is 5.75 Å². The molecule has 0 aliphatic heterocycles. The first kappa shape index (κ1) is 26.3. The number of nitrogens with zero attached hydrogens (tertiary/aromatic N) is 1. The molecule has 1 atom stereocenters. The molecule has 0 saturated carbocycles. The Labute approximate surface area is 209 Å². The maximum Gasteiger partial charge on any atom is 0.251 e. The van der Waals surface area contributed by atoms with Crippen molar-refractivity contribution < 1.29 is 17.9 Å². The fourth-order valence-electron chi connectivity index (χ4n) is 4.10. The Hall–Kier alpha value is -3.32. The predicted molar refractivity (Wildman–Crippen MR) is 142 cm³/mol. The highest BCUT2D eigenvalue weighted by Crippen LogP contribution is 2.32. The van der Waals surface area contributed by atoms with Gasteiger partial charge in [0.05, 0.1) is 31.6 Å². The van der Waals surface area contributed by atoms with Gasteiger partial charge in [0.1, 0.15) is 5.75 Å². The highest BCUT2D eigenvalue weighted by molar-refractivity contribution is 7.92. The van der Waals surface area contributed by atoms with Crippen LogP contribution in [-0.2, 0) is 16.6 Å². The van der Waals surface area contributed by atoms with Crippen molar-refractivity contribution in [1.29, 1.82) is 0 Å². The van der Waals surface area contributed by atoms with Crippen LogP contribution < -0.4 is 14.4 Å². The Balaban J connectivity index is 1.79. The van der Waals surface area contributed by atoms with Gasteiger partial charge in [0, 0.05) is 5.56 Å². The fraction of sp³-hybridized carbons (Fsp3) is 0.321. The summed E-state index contributed by atoms with van der Waals surface area (Å²) in [7, 11) is -1.84. The fourth-order valence-corrected chi connectivity index (χ4v) is 4.98. The van der Waals surface area contributed by atoms with Crippen molar-refractivity contribution in [3.05, 3.63) is 94.5 Å². The number of hydrogen-bond acceptors (Lipinski definition) is 4. The average Bonchev–Trinajstić information content (AvgIpc) is 2.82. The lowest BCUT2D eigenvalue weighted by Gasteiger charge is -2.23. The molecule has 0 aromatic heterocycles. The highest BCUT2D eigenvalue weighted by Gasteiger charge is 2.20. The first-order valence-corrected chi connectivity index (χ1v) is 13.5. The zero-order valence-corrected chi connectivity index (χ0v) is 22.0. The molecule has 0 heterocycles. The third kappa shape index (κ3) is 6.42. The summed E-state index contributed by atoms with van der Waals surface area (Å²) in [5.41, 5.74) is 5.02. The number of carbonyl (C=O) groups is 1. The molecule has 3 rings (SSSR count). The summed E-state index contributed by atoms with van der Waals surface area (Å²) < 4.78 is 31.8. The van der Waals surface area contributed by atoms with E-state index < -0.39 is 10.0 Å². The molecular weight excluding hydrogens is 460 g/mol.